The fourth-order valence-electron chi connectivity index (χ4n) is 3.43. The van der Waals surface area contributed by atoms with Crippen LogP contribution in [0.3, 0.4) is 0 Å². The molecule has 0 N–H and O–H groups in total. The molecule has 0 radical (unpaired) electrons. The lowest BCUT2D eigenvalue weighted by atomic mass is 9.98. The lowest BCUT2D eigenvalue weighted by Crippen LogP contribution is -2.37. The van der Waals surface area contributed by atoms with Crippen LogP contribution in [0.15, 0.2) is 24.5 Å². The molecule has 2 aliphatic rings. The van der Waals surface area contributed by atoms with Gasteiger partial charge in [0, 0.05) is 45.0 Å². The normalized spacial score (nSPS) is 21.3. The summed E-state index contributed by atoms with van der Waals surface area (Å²) in [6, 6.07) is 3.99. The summed E-state index contributed by atoms with van der Waals surface area (Å²) >= 11 is 0. The fourth-order valence-corrected chi connectivity index (χ4v) is 3.43. The minimum Gasteiger partial charge on any atom is -0.376 e. The molecule has 1 aliphatic heterocycles. The van der Waals surface area contributed by atoms with Gasteiger partial charge in [-0.05, 0) is 30.4 Å². The van der Waals surface area contributed by atoms with Crippen LogP contribution in [-0.4, -0.2) is 44.6 Å². The van der Waals surface area contributed by atoms with Crippen LogP contribution < -0.4 is 0 Å². The Kier molecular flexibility index (Phi) is 4.10. The molecule has 1 unspecified atom stereocenters. The molecule has 3 heterocycles. The van der Waals surface area contributed by atoms with Crippen LogP contribution in [0.4, 0.5) is 0 Å². The zero-order valence-electron chi connectivity index (χ0n) is 13.6. The molecule has 6 heteroatoms. The first-order valence-corrected chi connectivity index (χ1v) is 8.37. The highest BCUT2D eigenvalue weighted by molar-refractivity contribution is 5.20. The lowest BCUT2D eigenvalue weighted by molar-refractivity contribution is 0.0834. The summed E-state index contributed by atoms with van der Waals surface area (Å²) in [5.74, 6) is 1.24. The molecule has 1 saturated carbocycles. The number of fused-ring (bicyclic) bond motifs is 1. The highest BCUT2D eigenvalue weighted by Gasteiger charge is 2.33. The first-order valence-electron chi connectivity index (χ1n) is 8.37. The Morgan fingerprint density at radius 3 is 3.04 bits per heavy atom. The third-order valence-corrected chi connectivity index (χ3v) is 4.71. The van der Waals surface area contributed by atoms with Crippen LogP contribution in [0.1, 0.15) is 35.7 Å². The van der Waals surface area contributed by atoms with Gasteiger partial charge in [-0.1, -0.05) is 11.3 Å². The molecule has 23 heavy (non-hydrogen) atoms. The van der Waals surface area contributed by atoms with E-state index in [1.807, 2.05) is 30.1 Å². The van der Waals surface area contributed by atoms with E-state index >= 15 is 0 Å². The molecular weight excluding hydrogens is 290 g/mol. The molecule has 1 aliphatic carbocycles. The first kappa shape index (κ1) is 14.8. The molecule has 2 aromatic rings. The highest BCUT2D eigenvalue weighted by atomic mass is 16.5. The van der Waals surface area contributed by atoms with Gasteiger partial charge in [0.25, 0.3) is 0 Å². The van der Waals surface area contributed by atoms with E-state index in [1.54, 1.807) is 6.20 Å². The summed E-state index contributed by atoms with van der Waals surface area (Å²) in [6.07, 6.45) is 6.41. The van der Waals surface area contributed by atoms with Crippen molar-refractivity contribution in [3.8, 4) is 0 Å². The van der Waals surface area contributed by atoms with Crippen LogP contribution >= 0.6 is 0 Å². The molecule has 1 fully saturated rings. The molecule has 1 atom stereocenters. The van der Waals surface area contributed by atoms with E-state index in [1.165, 1.54) is 25.1 Å². The van der Waals surface area contributed by atoms with Crippen molar-refractivity contribution in [3.63, 3.8) is 0 Å². The van der Waals surface area contributed by atoms with E-state index in [0.717, 1.165) is 30.3 Å². The Hall–Kier alpha value is -1.79. The van der Waals surface area contributed by atoms with Crippen molar-refractivity contribution in [1.82, 2.24) is 24.9 Å². The second-order valence-electron chi connectivity index (χ2n) is 6.76. The number of aryl methyl sites for hydroxylation is 1. The van der Waals surface area contributed by atoms with Crippen molar-refractivity contribution in [3.05, 3.63) is 41.5 Å². The predicted molar refractivity (Wildman–Crippen MR) is 85.6 cm³/mol. The average molecular weight is 313 g/mol. The third-order valence-electron chi connectivity index (χ3n) is 4.71. The lowest BCUT2D eigenvalue weighted by Gasteiger charge is -2.32. The quantitative estimate of drug-likeness (QED) is 0.813. The SMILES string of the molecule is Cn1nnc2c1C(COCc1cccnc1)CN(CC1CC1)C2. The van der Waals surface area contributed by atoms with E-state index in [4.69, 9.17) is 4.74 Å². The van der Waals surface area contributed by atoms with Gasteiger partial charge in [0.05, 0.1) is 18.9 Å². The van der Waals surface area contributed by atoms with Crippen LogP contribution in [0.2, 0.25) is 0 Å². The van der Waals surface area contributed by atoms with Gasteiger partial charge in [0.2, 0.25) is 0 Å². The molecule has 2 aromatic heterocycles. The van der Waals surface area contributed by atoms with Crippen LogP contribution in [-0.2, 0) is 24.9 Å². The van der Waals surface area contributed by atoms with Gasteiger partial charge in [-0.3, -0.25) is 14.6 Å². The number of ether oxygens (including phenoxy) is 1. The van der Waals surface area contributed by atoms with Gasteiger partial charge in [0.1, 0.15) is 5.69 Å². The smallest absolute Gasteiger partial charge is 0.100 e. The number of rotatable bonds is 6. The van der Waals surface area contributed by atoms with Gasteiger partial charge in [-0.2, -0.15) is 0 Å². The van der Waals surface area contributed by atoms with E-state index in [-0.39, 0.29) is 0 Å². The maximum absolute atomic E-state index is 5.97. The molecule has 0 bridgehead atoms. The Morgan fingerprint density at radius 1 is 1.35 bits per heavy atom. The van der Waals surface area contributed by atoms with Crippen LogP contribution in [0.25, 0.3) is 0 Å². The Morgan fingerprint density at radius 2 is 2.26 bits per heavy atom. The molecule has 4 rings (SSSR count). The number of hydrogen-bond acceptors (Lipinski definition) is 5. The summed E-state index contributed by atoms with van der Waals surface area (Å²) < 4.78 is 7.89. The van der Waals surface area contributed by atoms with Gasteiger partial charge >= 0.3 is 0 Å². The van der Waals surface area contributed by atoms with Gasteiger partial charge in [-0.15, -0.1) is 5.10 Å². The molecule has 6 nitrogen and oxygen atoms in total. The van der Waals surface area contributed by atoms with E-state index in [2.05, 4.69) is 20.2 Å². The van der Waals surface area contributed by atoms with Crippen molar-refractivity contribution in [2.45, 2.75) is 31.9 Å². The van der Waals surface area contributed by atoms with Crippen molar-refractivity contribution in [1.29, 1.82) is 0 Å². The van der Waals surface area contributed by atoms with Gasteiger partial charge in [-0.25, -0.2) is 0 Å². The summed E-state index contributed by atoms with van der Waals surface area (Å²) in [6.45, 7) is 4.46. The first-order chi connectivity index (χ1) is 11.3. The standard InChI is InChI=1S/C17H23N5O/c1-21-17-15(12-23-11-14-3-2-6-18-7-14)9-22(8-13-4-5-13)10-16(17)19-20-21/h2-3,6-7,13,15H,4-5,8-12H2,1H3. The Labute approximate surface area is 136 Å². The maximum Gasteiger partial charge on any atom is 0.100 e. The Balaban J connectivity index is 1.41. The number of hydrogen-bond donors (Lipinski definition) is 0. The zero-order chi connectivity index (χ0) is 15.6. The monoisotopic (exact) mass is 313 g/mol. The highest BCUT2D eigenvalue weighted by Crippen LogP contribution is 2.33. The number of nitrogens with zero attached hydrogens (tertiary/aromatic N) is 5. The van der Waals surface area contributed by atoms with E-state index < -0.39 is 0 Å². The molecule has 0 amide bonds. The minimum absolute atomic E-state index is 0.342. The van der Waals surface area contributed by atoms with E-state index in [0.29, 0.717) is 19.1 Å². The maximum atomic E-state index is 5.97. The second kappa shape index (κ2) is 6.37. The zero-order valence-corrected chi connectivity index (χ0v) is 13.6. The number of pyridine rings is 1. The minimum atomic E-state index is 0.342. The third kappa shape index (κ3) is 3.43. The van der Waals surface area contributed by atoms with Crippen molar-refractivity contribution < 1.29 is 4.74 Å². The van der Waals surface area contributed by atoms with Crippen LogP contribution in [0, 0.1) is 5.92 Å². The predicted octanol–water partition coefficient (Wildman–Crippen LogP) is 1.74. The summed E-state index contributed by atoms with van der Waals surface area (Å²) in [5, 5.41) is 8.57. The average Bonchev–Trinajstić information content (AvgIpc) is 3.30. The fraction of sp³-hybridized carbons (Fsp3) is 0.588. The molecule has 122 valence electrons. The van der Waals surface area contributed by atoms with Crippen LogP contribution in [0.5, 0.6) is 0 Å². The second-order valence-corrected chi connectivity index (χ2v) is 6.76. The molecule has 0 aromatic carbocycles. The van der Waals surface area contributed by atoms with E-state index in [9.17, 15) is 0 Å². The van der Waals surface area contributed by atoms with Crippen molar-refractivity contribution >= 4 is 0 Å². The summed E-state index contributed by atoms with van der Waals surface area (Å²) in [4.78, 5) is 6.65. The summed E-state index contributed by atoms with van der Waals surface area (Å²) in [5.41, 5.74) is 3.47. The molecule has 0 saturated heterocycles. The topological polar surface area (TPSA) is 56.1 Å². The van der Waals surface area contributed by atoms with Gasteiger partial charge < -0.3 is 4.74 Å². The van der Waals surface area contributed by atoms with Crippen molar-refractivity contribution in [2.24, 2.45) is 13.0 Å². The van der Waals surface area contributed by atoms with Crippen molar-refractivity contribution in [2.75, 3.05) is 19.7 Å². The Bertz CT molecular complexity index is 652. The number of aromatic nitrogens is 4. The molecular formula is C17H23N5O. The van der Waals surface area contributed by atoms with Gasteiger partial charge in [0.15, 0.2) is 0 Å². The summed E-state index contributed by atoms with van der Waals surface area (Å²) in [7, 11) is 1.98. The molecule has 0 spiro atoms. The largest absolute Gasteiger partial charge is 0.376 e.